The summed E-state index contributed by atoms with van der Waals surface area (Å²) in [4.78, 5) is 16.2. The van der Waals surface area contributed by atoms with Gasteiger partial charge in [-0.1, -0.05) is 12.1 Å². The molecule has 20 heavy (non-hydrogen) atoms. The van der Waals surface area contributed by atoms with Crippen LogP contribution in [0.4, 0.5) is 4.79 Å². The highest BCUT2D eigenvalue weighted by Gasteiger charge is 2.12. The summed E-state index contributed by atoms with van der Waals surface area (Å²) in [6, 6.07) is 1.42. The molecule has 2 aromatic rings. The maximum Gasteiger partial charge on any atom is 0.315 e. The van der Waals surface area contributed by atoms with Crippen molar-refractivity contribution in [3.05, 3.63) is 33.6 Å². The molecule has 1 atom stereocenters. The van der Waals surface area contributed by atoms with Crippen LogP contribution in [0.15, 0.2) is 16.0 Å². The van der Waals surface area contributed by atoms with Crippen molar-refractivity contribution in [3.8, 4) is 0 Å². The number of aryl methyl sites for hydroxylation is 2. The monoisotopic (exact) mass is 294 g/mol. The molecule has 0 saturated heterocycles. The molecule has 2 aromatic heterocycles. The topological polar surface area (TPSA) is 80.0 Å². The maximum atomic E-state index is 11.8. The molecule has 0 fully saturated rings. The van der Waals surface area contributed by atoms with E-state index >= 15 is 0 Å². The quantitative estimate of drug-likeness (QED) is 0.888. The van der Waals surface area contributed by atoms with Crippen LogP contribution in [0, 0.1) is 6.92 Å². The van der Waals surface area contributed by atoms with Gasteiger partial charge in [0.1, 0.15) is 11.5 Å². The van der Waals surface area contributed by atoms with Crippen molar-refractivity contribution < 1.29 is 9.32 Å². The molecule has 0 radical (unpaired) electrons. The minimum absolute atomic E-state index is 0.120. The van der Waals surface area contributed by atoms with E-state index in [1.165, 1.54) is 0 Å². The third-order valence-corrected chi connectivity index (χ3v) is 3.78. The van der Waals surface area contributed by atoms with Crippen molar-refractivity contribution >= 4 is 17.4 Å². The summed E-state index contributed by atoms with van der Waals surface area (Å²) in [5, 5.41) is 12.4. The predicted molar refractivity (Wildman–Crippen MR) is 76.5 cm³/mol. The number of amides is 2. The second-order valence-corrected chi connectivity index (χ2v) is 5.44. The van der Waals surface area contributed by atoms with Gasteiger partial charge in [0.25, 0.3) is 0 Å². The van der Waals surface area contributed by atoms with E-state index in [1.54, 1.807) is 17.4 Å². The van der Waals surface area contributed by atoms with Gasteiger partial charge in [0.15, 0.2) is 0 Å². The highest BCUT2D eigenvalue weighted by Crippen LogP contribution is 2.16. The van der Waals surface area contributed by atoms with Crippen molar-refractivity contribution in [2.24, 2.45) is 0 Å². The van der Waals surface area contributed by atoms with Crippen molar-refractivity contribution in [2.45, 2.75) is 39.8 Å². The summed E-state index contributed by atoms with van der Waals surface area (Å²) in [5.41, 5.74) is 1.59. The number of thiazole rings is 1. The fraction of sp³-hybridized carbons (Fsp3) is 0.462. The number of hydrogen-bond donors (Lipinski definition) is 2. The molecule has 2 amide bonds. The SMILES string of the molecule is CCc1nc([C@H](C)NC(=O)NCc2cc(C)on2)cs1. The van der Waals surface area contributed by atoms with Crippen LogP contribution in [0.1, 0.15) is 42.0 Å². The Labute approximate surface area is 121 Å². The average Bonchev–Trinajstić information content (AvgIpc) is 3.05. The molecule has 0 saturated carbocycles. The minimum atomic E-state index is -0.246. The normalized spacial score (nSPS) is 12.2. The molecule has 0 aromatic carbocycles. The number of carbonyl (C=O) groups is 1. The van der Waals surface area contributed by atoms with E-state index in [4.69, 9.17) is 4.52 Å². The molecule has 0 spiro atoms. The second kappa shape index (κ2) is 6.51. The summed E-state index contributed by atoms with van der Waals surface area (Å²) in [6.45, 7) is 6.13. The molecule has 0 unspecified atom stereocenters. The van der Waals surface area contributed by atoms with E-state index in [9.17, 15) is 4.79 Å². The van der Waals surface area contributed by atoms with E-state index in [2.05, 4.69) is 27.7 Å². The molecule has 108 valence electrons. The van der Waals surface area contributed by atoms with E-state index in [1.807, 2.05) is 19.2 Å². The summed E-state index contributed by atoms with van der Waals surface area (Å²) < 4.78 is 4.93. The molecular weight excluding hydrogens is 276 g/mol. The number of nitrogens with one attached hydrogen (secondary N) is 2. The number of urea groups is 1. The molecular formula is C13H18N4O2S. The maximum absolute atomic E-state index is 11.8. The number of carbonyl (C=O) groups excluding carboxylic acids is 1. The van der Waals surface area contributed by atoms with Crippen LogP contribution < -0.4 is 10.6 Å². The molecule has 2 N–H and O–H groups in total. The number of rotatable bonds is 5. The van der Waals surface area contributed by atoms with E-state index < -0.39 is 0 Å². The van der Waals surface area contributed by atoms with Gasteiger partial charge in [-0.05, 0) is 20.3 Å². The summed E-state index contributed by atoms with van der Waals surface area (Å²) in [7, 11) is 0. The van der Waals surface area contributed by atoms with Gasteiger partial charge in [0.2, 0.25) is 0 Å². The predicted octanol–water partition coefficient (Wildman–Crippen LogP) is 2.56. The van der Waals surface area contributed by atoms with Crippen molar-refractivity contribution in [2.75, 3.05) is 0 Å². The lowest BCUT2D eigenvalue weighted by atomic mass is 10.2. The molecule has 0 aliphatic rings. The van der Waals surface area contributed by atoms with Gasteiger partial charge in [0.05, 0.1) is 23.3 Å². The Morgan fingerprint density at radius 1 is 1.55 bits per heavy atom. The van der Waals surface area contributed by atoms with Gasteiger partial charge < -0.3 is 15.2 Å². The molecule has 0 bridgehead atoms. The fourth-order valence-corrected chi connectivity index (χ4v) is 2.52. The first-order chi connectivity index (χ1) is 9.58. The largest absolute Gasteiger partial charge is 0.361 e. The fourth-order valence-electron chi connectivity index (χ4n) is 1.68. The van der Waals surface area contributed by atoms with E-state index in [-0.39, 0.29) is 12.1 Å². The third-order valence-electron chi connectivity index (χ3n) is 2.77. The highest BCUT2D eigenvalue weighted by atomic mass is 32.1. The standard InChI is InChI=1S/C13H18N4O2S/c1-4-12-16-11(7-20-12)9(3)15-13(18)14-6-10-5-8(2)19-17-10/h5,7,9H,4,6H2,1-3H3,(H2,14,15,18)/t9-/m0/s1. The van der Waals surface area contributed by atoms with Crippen LogP contribution in [0.5, 0.6) is 0 Å². The lowest BCUT2D eigenvalue weighted by Gasteiger charge is -2.12. The van der Waals surface area contributed by atoms with Crippen LogP contribution >= 0.6 is 11.3 Å². The summed E-state index contributed by atoms with van der Waals surface area (Å²) >= 11 is 1.61. The zero-order valence-electron chi connectivity index (χ0n) is 11.8. The summed E-state index contributed by atoms with van der Waals surface area (Å²) in [5.74, 6) is 0.727. The van der Waals surface area contributed by atoms with Crippen LogP contribution in [-0.2, 0) is 13.0 Å². The van der Waals surface area contributed by atoms with E-state index in [0.717, 1.165) is 22.9 Å². The van der Waals surface area contributed by atoms with E-state index in [0.29, 0.717) is 12.2 Å². The van der Waals surface area contributed by atoms with Gasteiger partial charge in [-0.15, -0.1) is 11.3 Å². The lowest BCUT2D eigenvalue weighted by molar-refractivity contribution is 0.237. The van der Waals surface area contributed by atoms with Gasteiger partial charge >= 0.3 is 6.03 Å². The van der Waals surface area contributed by atoms with Crippen LogP contribution in [-0.4, -0.2) is 16.2 Å². The molecule has 7 heteroatoms. The molecule has 2 heterocycles. The molecule has 0 aliphatic heterocycles. The van der Waals surface area contributed by atoms with Crippen LogP contribution in [0.25, 0.3) is 0 Å². The molecule has 0 aliphatic carbocycles. The highest BCUT2D eigenvalue weighted by molar-refractivity contribution is 7.09. The van der Waals surface area contributed by atoms with Gasteiger partial charge in [-0.3, -0.25) is 0 Å². The number of aromatic nitrogens is 2. The zero-order valence-corrected chi connectivity index (χ0v) is 12.6. The van der Waals surface area contributed by atoms with Crippen molar-refractivity contribution in [1.29, 1.82) is 0 Å². The first-order valence-electron chi connectivity index (χ1n) is 6.49. The molecule has 2 rings (SSSR count). The summed E-state index contributed by atoms with van der Waals surface area (Å²) in [6.07, 6.45) is 0.912. The third kappa shape index (κ3) is 3.80. The van der Waals surface area contributed by atoms with Gasteiger partial charge in [-0.25, -0.2) is 9.78 Å². The minimum Gasteiger partial charge on any atom is -0.361 e. The van der Waals surface area contributed by atoms with Crippen molar-refractivity contribution in [1.82, 2.24) is 20.8 Å². The Kier molecular flexibility index (Phi) is 4.73. The van der Waals surface area contributed by atoms with Crippen LogP contribution in [0.3, 0.4) is 0 Å². The average molecular weight is 294 g/mol. The Balaban J connectivity index is 1.81. The molecule has 6 nitrogen and oxygen atoms in total. The lowest BCUT2D eigenvalue weighted by Crippen LogP contribution is -2.36. The number of nitrogens with zero attached hydrogens (tertiary/aromatic N) is 2. The first-order valence-corrected chi connectivity index (χ1v) is 7.37. The van der Waals surface area contributed by atoms with Crippen LogP contribution in [0.2, 0.25) is 0 Å². The van der Waals surface area contributed by atoms with Gasteiger partial charge in [-0.2, -0.15) is 0 Å². The number of hydrogen-bond acceptors (Lipinski definition) is 5. The Morgan fingerprint density at radius 2 is 2.35 bits per heavy atom. The zero-order chi connectivity index (χ0) is 14.5. The van der Waals surface area contributed by atoms with Crippen molar-refractivity contribution in [3.63, 3.8) is 0 Å². The van der Waals surface area contributed by atoms with Gasteiger partial charge in [0, 0.05) is 11.4 Å². The smallest absolute Gasteiger partial charge is 0.315 e. The Bertz CT molecular complexity index is 578. The Hall–Kier alpha value is -1.89. The Morgan fingerprint density at radius 3 is 2.95 bits per heavy atom. The first kappa shape index (κ1) is 14.5. The second-order valence-electron chi connectivity index (χ2n) is 4.50.